The van der Waals surface area contributed by atoms with Crippen molar-refractivity contribution in [3.8, 4) is 0 Å². The van der Waals surface area contributed by atoms with E-state index in [2.05, 4.69) is 5.32 Å². The van der Waals surface area contributed by atoms with Gasteiger partial charge >= 0.3 is 12.0 Å². The molecule has 1 aliphatic heterocycles. The van der Waals surface area contributed by atoms with Gasteiger partial charge in [-0.2, -0.15) is 0 Å². The zero-order valence-corrected chi connectivity index (χ0v) is 9.44. The Morgan fingerprint density at radius 3 is 2.75 bits per heavy atom. The number of carboxylic acids is 1. The molecule has 6 nitrogen and oxygen atoms in total. The highest BCUT2D eigenvalue weighted by Crippen LogP contribution is 2.14. The van der Waals surface area contributed by atoms with Crippen LogP contribution in [0.4, 0.5) is 4.79 Å². The van der Waals surface area contributed by atoms with Crippen molar-refractivity contribution in [3.05, 3.63) is 0 Å². The predicted octanol–water partition coefficient (Wildman–Crippen LogP) is 0.139. The minimum atomic E-state index is -0.833. The Bertz CT molecular complexity index is 251. The third-order valence-corrected chi connectivity index (χ3v) is 2.46. The molecule has 2 amide bonds. The average Bonchev–Trinajstić information content (AvgIpc) is 2.14. The van der Waals surface area contributed by atoms with E-state index < -0.39 is 11.9 Å². The Morgan fingerprint density at radius 2 is 2.19 bits per heavy atom. The van der Waals surface area contributed by atoms with E-state index in [9.17, 15) is 9.59 Å². The number of nitrogens with one attached hydrogen (secondary N) is 1. The smallest absolute Gasteiger partial charge is 0.317 e. The van der Waals surface area contributed by atoms with Crippen LogP contribution in [0.3, 0.4) is 0 Å². The largest absolute Gasteiger partial charge is 0.481 e. The Kier molecular flexibility index (Phi) is 5.04. The molecule has 0 saturated carbocycles. The van der Waals surface area contributed by atoms with Gasteiger partial charge in [0.25, 0.3) is 0 Å². The number of rotatable bonds is 6. The maximum Gasteiger partial charge on any atom is 0.317 e. The minimum Gasteiger partial charge on any atom is -0.481 e. The second-order valence-corrected chi connectivity index (χ2v) is 3.72. The van der Waals surface area contributed by atoms with Crippen molar-refractivity contribution in [1.82, 2.24) is 10.2 Å². The molecule has 0 aliphatic carbocycles. The van der Waals surface area contributed by atoms with Crippen LogP contribution in [0.5, 0.6) is 0 Å². The van der Waals surface area contributed by atoms with Gasteiger partial charge in [0.05, 0.1) is 5.92 Å². The Hall–Kier alpha value is -1.30. The Balaban J connectivity index is 2.02. The standard InChI is InChI=1S/C10H18N2O4/c1-2-16-5-3-4-11-10(15)12-6-8(7-12)9(13)14/h8H,2-7H2,1H3,(H,11,15)(H,13,14). The topological polar surface area (TPSA) is 78.9 Å². The van der Waals surface area contributed by atoms with Crippen LogP contribution in [0.15, 0.2) is 0 Å². The summed E-state index contributed by atoms with van der Waals surface area (Å²) in [5.74, 6) is -1.23. The van der Waals surface area contributed by atoms with Crippen LogP contribution in [0.1, 0.15) is 13.3 Å². The monoisotopic (exact) mass is 230 g/mol. The van der Waals surface area contributed by atoms with Crippen molar-refractivity contribution in [1.29, 1.82) is 0 Å². The molecule has 1 fully saturated rings. The lowest BCUT2D eigenvalue weighted by Crippen LogP contribution is -2.56. The molecule has 0 radical (unpaired) electrons. The van der Waals surface area contributed by atoms with E-state index in [-0.39, 0.29) is 6.03 Å². The molecule has 16 heavy (non-hydrogen) atoms. The van der Waals surface area contributed by atoms with Gasteiger partial charge in [-0.05, 0) is 13.3 Å². The van der Waals surface area contributed by atoms with E-state index in [1.165, 1.54) is 4.90 Å². The van der Waals surface area contributed by atoms with Gasteiger partial charge < -0.3 is 20.1 Å². The highest BCUT2D eigenvalue weighted by Gasteiger charge is 2.35. The van der Waals surface area contributed by atoms with Gasteiger partial charge in [0.1, 0.15) is 0 Å². The lowest BCUT2D eigenvalue weighted by atomic mass is 10.0. The molecule has 0 aromatic heterocycles. The molecule has 2 N–H and O–H groups in total. The second kappa shape index (κ2) is 6.32. The molecule has 1 saturated heterocycles. The van der Waals surface area contributed by atoms with Crippen molar-refractivity contribution in [3.63, 3.8) is 0 Å². The molecule has 1 heterocycles. The number of aliphatic carboxylic acids is 1. The second-order valence-electron chi connectivity index (χ2n) is 3.72. The molecule has 0 aromatic rings. The Labute approximate surface area is 94.6 Å². The van der Waals surface area contributed by atoms with E-state index >= 15 is 0 Å². The lowest BCUT2D eigenvalue weighted by Gasteiger charge is -2.36. The number of hydrogen-bond donors (Lipinski definition) is 2. The van der Waals surface area contributed by atoms with E-state index in [1.807, 2.05) is 6.92 Å². The highest BCUT2D eigenvalue weighted by atomic mass is 16.5. The molecule has 0 unspecified atom stereocenters. The van der Waals surface area contributed by atoms with Crippen LogP contribution >= 0.6 is 0 Å². The summed E-state index contributed by atoms with van der Waals surface area (Å²) in [7, 11) is 0. The normalized spacial score (nSPS) is 15.7. The molecule has 6 heteroatoms. The van der Waals surface area contributed by atoms with Crippen molar-refractivity contribution >= 4 is 12.0 Å². The zero-order valence-electron chi connectivity index (χ0n) is 9.44. The number of amides is 2. The first-order valence-corrected chi connectivity index (χ1v) is 5.48. The van der Waals surface area contributed by atoms with Crippen molar-refractivity contribution in [2.24, 2.45) is 5.92 Å². The fraction of sp³-hybridized carbons (Fsp3) is 0.800. The van der Waals surface area contributed by atoms with Gasteiger partial charge in [0.2, 0.25) is 0 Å². The molecule has 0 bridgehead atoms. The summed E-state index contributed by atoms with van der Waals surface area (Å²) in [6.45, 7) is 4.42. The summed E-state index contributed by atoms with van der Waals surface area (Å²) in [5, 5.41) is 11.3. The number of likely N-dealkylation sites (tertiary alicyclic amines) is 1. The first-order valence-electron chi connectivity index (χ1n) is 5.48. The van der Waals surface area contributed by atoms with Crippen molar-refractivity contribution in [2.45, 2.75) is 13.3 Å². The number of carbonyl (C=O) groups is 2. The summed E-state index contributed by atoms with van der Waals surface area (Å²) >= 11 is 0. The van der Waals surface area contributed by atoms with Crippen LogP contribution in [0.2, 0.25) is 0 Å². The number of hydrogen-bond acceptors (Lipinski definition) is 3. The molecule has 92 valence electrons. The molecule has 0 spiro atoms. The molecule has 0 atom stereocenters. The first-order chi connectivity index (χ1) is 7.65. The van der Waals surface area contributed by atoms with Crippen LogP contribution < -0.4 is 5.32 Å². The van der Waals surface area contributed by atoms with Gasteiger partial charge in [-0.1, -0.05) is 0 Å². The predicted molar refractivity (Wildman–Crippen MR) is 57.2 cm³/mol. The SMILES string of the molecule is CCOCCCNC(=O)N1CC(C(=O)O)C1. The molecular formula is C10H18N2O4. The van der Waals surface area contributed by atoms with Crippen LogP contribution in [0, 0.1) is 5.92 Å². The van der Waals surface area contributed by atoms with Crippen LogP contribution in [-0.4, -0.2) is 54.9 Å². The fourth-order valence-corrected chi connectivity index (χ4v) is 1.43. The summed E-state index contributed by atoms with van der Waals surface area (Å²) < 4.78 is 5.12. The summed E-state index contributed by atoms with van der Waals surface area (Å²) in [6, 6.07) is -0.186. The number of urea groups is 1. The van der Waals surface area contributed by atoms with Gasteiger partial charge in [-0.25, -0.2) is 4.79 Å². The average molecular weight is 230 g/mol. The summed E-state index contributed by atoms with van der Waals surface area (Å²) in [6.07, 6.45) is 0.774. The molecule has 1 rings (SSSR count). The maximum atomic E-state index is 11.4. The number of nitrogens with zero attached hydrogens (tertiary/aromatic N) is 1. The van der Waals surface area contributed by atoms with Gasteiger partial charge in [-0.3, -0.25) is 4.79 Å². The lowest BCUT2D eigenvalue weighted by molar-refractivity contribution is -0.146. The third kappa shape index (κ3) is 3.69. The van der Waals surface area contributed by atoms with E-state index in [4.69, 9.17) is 9.84 Å². The number of carboxylic acid groups (broad SMARTS) is 1. The molecular weight excluding hydrogens is 212 g/mol. The molecule has 0 aromatic carbocycles. The minimum absolute atomic E-state index is 0.186. The third-order valence-electron chi connectivity index (χ3n) is 2.46. The maximum absolute atomic E-state index is 11.4. The number of carbonyl (C=O) groups excluding carboxylic acids is 1. The number of ether oxygens (including phenoxy) is 1. The highest BCUT2D eigenvalue weighted by molar-refractivity contribution is 5.79. The van der Waals surface area contributed by atoms with Crippen molar-refractivity contribution < 1.29 is 19.4 Å². The van der Waals surface area contributed by atoms with Gasteiger partial charge in [0, 0.05) is 32.8 Å². The zero-order chi connectivity index (χ0) is 12.0. The van der Waals surface area contributed by atoms with Crippen LogP contribution in [0.25, 0.3) is 0 Å². The van der Waals surface area contributed by atoms with Crippen LogP contribution in [-0.2, 0) is 9.53 Å². The van der Waals surface area contributed by atoms with E-state index in [0.717, 1.165) is 6.42 Å². The summed E-state index contributed by atoms with van der Waals surface area (Å²) in [5.41, 5.74) is 0. The van der Waals surface area contributed by atoms with Crippen molar-refractivity contribution in [2.75, 3.05) is 32.8 Å². The van der Waals surface area contributed by atoms with Gasteiger partial charge in [-0.15, -0.1) is 0 Å². The van der Waals surface area contributed by atoms with Gasteiger partial charge in [0.15, 0.2) is 0 Å². The Morgan fingerprint density at radius 1 is 1.50 bits per heavy atom. The fourth-order valence-electron chi connectivity index (χ4n) is 1.43. The van der Waals surface area contributed by atoms with E-state index in [1.54, 1.807) is 0 Å². The quantitative estimate of drug-likeness (QED) is 0.636. The first kappa shape index (κ1) is 12.8. The molecule has 1 aliphatic rings. The van der Waals surface area contributed by atoms with E-state index in [0.29, 0.717) is 32.8 Å². The summed E-state index contributed by atoms with van der Waals surface area (Å²) in [4.78, 5) is 23.4.